The van der Waals surface area contributed by atoms with Gasteiger partial charge < -0.3 is 5.32 Å². The molecule has 1 aliphatic rings. The largest absolute Gasteiger partial charge is 0.340 e. The lowest BCUT2D eigenvalue weighted by molar-refractivity contribution is -0.136. The van der Waals surface area contributed by atoms with Crippen LogP contribution in [0.3, 0.4) is 0 Å². The fourth-order valence-electron chi connectivity index (χ4n) is 1.60. The number of hydrogen-bond donors (Lipinski definition) is 2. The van der Waals surface area contributed by atoms with E-state index >= 15 is 0 Å². The smallest absolute Gasteiger partial charge is 0.251 e. The molecule has 0 bridgehead atoms. The van der Waals surface area contributed by atoms with Crippen LogP contribution in [0.2, 0.25) is 0 Å². The lowest BCUT2D eigenvalue weighted by Crippen LogP contribution is -2.52. The monoisotopic (exact) mass is 334 g/mol. The number of imide groups is 1. The van der Waals surface area contributed by atoms with Crippen molar-refractivity contribution in [3.63, 3.8) is 0 Å². The molecule has 0 radical (unpaired) electrons. The molecule has 1 saturated heterocycles. The SMILES string of the molecule is C=C/C(C)=C\C=C(/C=C)C(=O)NC1CCC(=O)NC1=O.CC.CC. The summed E-state index contributed by atoms with van der Waals surface area (Å²) in [5.41, 5.74) is 1.24. The normalized spacial score (nSPS) is 17.3. The zero-order valence-corrected chi connectivity index (χ0v) is 15.4. The van der Waals surface area contributed by atoms with Crippen molar-refractivity contribution in [2.75, 3.05) is 0 Å². The van der Waals surface area contributed by atoms with E-state index in [4.69, 9.17) is 0 Å². The van der Waals surface area contributed by atoms with Crippen LogP contribution in [0.25, 0.3) is 0 Å². The number of allylic oxidation sites excluding steroid dienone is 4. The van der Waals surface area contributed by atoms with Gasteiger partial charge in [0.15, 0.2) is 0 Å². The van der Waals surface area contributed by atoms with Gasteiger partial charge in [0.2, 0.25) is 11.8 Å². The number of nitrogens with one attached hydrogen (secondary N) is 2. The van der Waals surface area contributed by atoms with Gasteiger partial charge in [0, 0.05) is 12.0 Å². The number of rotatable bonds is 5. The molecule has 1 atom stereocenters. The summed E-state index contributed by atoms with van der Waals surface area (Å²) in [5, 5.41) is 4.77. The fourth-order valence-corrected chi connectivity index (χ4v) is 1.60. The van der Waals surface area contributed by atoms with Gasteiger partial charge in [-0.1, -0.05) is 64.7 Å². The molecule has 1 aliphatic heterocycles. The van der Waals surface area contributed by atoms with Crippen LogP contribution in [-0.4, -0.2) is 23.8 Å². The van der Waals surface area contributed by atoms with Crippen LogP contribution in [0.5, 0.6) is 0 Å². The van der Waals surface area contributed by atoms with Crippen LogP contribution in [0, 0.1) is 0 Å². The lowest BCUT2D eigenvalue weighted by Gasteiger charge is -2.21. The number of carbonyl (C=O) groups is 3. The number of hydrogen-bond acceptors (Lipinski definition) is 3. The first kappa shape index (κ1) is 23.8. The second-order valence-corrected chi connectivity index (χ2v) is 4.42. The molecular formula is C19H30N2O3. The van der Waals surface area contributed by atoms with Crippen molar-refractivity contribution in [2.45, 2.75) is 53.5 Å². The van der Waals surface area contributed by atoms with Gasteiger partial charge in [-0.3, -0.25) is 19.7 Å². The van der Waals surface area contributed by atoms with Gasteiger partial charge in [-0.15, -0.1) is 0 Å². The van der Waals surface area contributed by atoms with Crippen molar-refractivity contribution in [3.05, 3.63) is 48.6 Å². The minimum Gasteiger partial charge on any atom is -0.340 e. The highest BCUT2D eigenvalue weighted by molar-refractivity contribution is 6.04. The molecule has 1 fully saturated rings. The van der Waals surface area contributed by atoms with E-state index in [9.17, 15) is 14.4 Å². The molecular weight excluding hydrogens is 304 g/mol. The van der Waals surface area contributed by atoms with Crippen LogP contribution in [0.1, 0.15) is 47.5 Å². The molecule has 3 amide bonds. The zero-order chi connectivity index (χ0) is 19.1. The van der Waals surface area contributed by atoms with Gasteiger partial charge in [0.05, 0.1) is 0 Å². The Morgan fingerprint density at radius 1 is 1.12 bits per heavy atom. The summed E-state index contributed by atoms with van der Waals surface area (Å²) < 4.78 is 0. The Hall–Kier alpha value is -2.43. The van der Waals surface area contributed by atoms with Crippen LogP contribution in [-0.2, 0) is 14.4 Å². The first-order chi connectivity index (χ1) is 11.5. The van der Waals surface area contributed by atoms with Crippen molar-refractivity contribution in [3.8, 4) is 0 Å². The van der Waals surface area contributed by atoms with E-state index < -0.39 is 17.9 Å². The third-order valence-electron chi connectivity index (χ3n) is 2.87. The Morgan fingerprint density at radius 3 is 2.17 bits per heavy atom. The minimum absolute atomic E-state index is 0.222. The van der Waals surface area contributed by atoms with E-state index in [1.807, 2.05) is 34.6 Å². The van der Waals surface area contributed by atoms with Crippen LogP contribution in [0.15, 0.2) is 48.6 Å². The second kappa shape index (κ2) is 14.2. The maximum absolute atomic E-state index is 12.0. The molecule has 1 unspecified atom stereocenters. The molecule has 5 heteroatoms. The fraction of sp³-hybridized carbons (Fsp3) is 0.421. The Morgan fingerprint density at radius 2 is 1.71 bits per heavy atom. The third-order valence-corrected chi connectivity index (χ3v) is 2.87. The molecule has 0 aromatic rings. The van der Waals surface area contributed by atoms with E-state index in [1.165, 1.54) is 6.08 Å². The van der Waals surface area contributed by atoms with Crippen molar-refractivity contribution >= 4 is 17.7 Å². The number of carbonyl (C=O) groups excluding carboxylic acids is 3. The summed E-state index contributed by atoms with van der Waals surface area (Å²) in [6.07, 6.45) is 6.93. The summed E-state index contributed by atoms with van der Waals surface area (Å²) in [4.78, 5) is 34.6. The average molecular weight is 334 g/mol. The lowest BCUT2D eigenvalue weighted by atomic mass is 10.1. The van der Waals surface area contributed by atoms with Gasteiger partial charge in [-0.25, -0.2) is 0 Å². The average Bonchev–Trinajstić information content (AvgIpc) is 2.61. The minimum atomic E-state index is -0.687. The van der Waals surface area contributed by atoms with Gasteiger partial charge >= 0.3 is 0 Å². The summed E-state index contributed by atoms with van der Waals surface area (Å²) in [6.45, 7) is 17.0. The van der Waals surface area contributed by atoms with Crippen molar-refractivity contribution in [1.82, 2.24) is 10.6 Å². The number of piperidine rings is 1. The van der Waals surface area contributed by atoms with Crippen LogP contribution >= 0.6 is 0 Å². The van der Waals surface area contributed by atoms with Crippen molar-refractivity contribution < 1.29 is 14.4 Å². The van der Waals surface area contributed by atoms with E-state index in [2.05, 4.69) is 23.8 Å². The highest BCUT2D eigenvalue weighted by Crippen LogP contribution is 2.07. The highest BCUT2D eigenvalue weighted by Gasteiger charge is 2.28. The maximum atomic E-state index is 12.0. The van der Waals surface area contributed by atoms with Gasteiger partial charge in [-0.05, 0) is 19.4 Å². The Kier molecular flexibility index (Phi) is 14.1. The third kappa shape index (κ3) is 8.88. The molecule has 0 saturated carbocycles. The predicted molar refractivity (Wildman–Crippen MR) is 99.2 cm³/mol. The summed E-state index contributed by atoms with van der Waals surface area (Å²) >= 11 is 0. The van der Waals surface area contributed by atoms with Crippen molar-refractivity contribution in [2.24, 2.45) is 0 Å². The van der Waals surface area contributed by atoms with E-state index in [0.717, 1.165) is 5.57 Å². The molecule has 1 heterocycles. The summed E-state index contributed by atoms with van der Waals surface area (Å²) in [6, 6.07) is -0.687. The van der Waals surface area contributed by atoms with Crippen molar-refractivity contribution in [1.29, 1.82) is 0 Å². The molecule has 2 N–H and O–H groups in total. The van der Waals surface area contributed by atoms with E-state index in [0.29, 0.717) is 12.0 Å². The van der Waals surface area contributed by atoms with Gasteiger partial charge in [-0.2, -0.15) is 0 Å². The van der Waals surface area contributed by atoms with Gasteiger partial charge in [0.1, 0.15) is 6.04 Å². The quantitative estimate of drug-likeness (QED) is 0.460. The number of amides is 3. The molecule has 0 spiro atoms. The van der Waals surface area contributed by atoms with Crippen LogP contribution in [0.4, 0.5) is 0 Å². The molecule has 134 valence electrons. The Balaban J connectivity index is 0. The second-order valence-electron chi connectivity index (χ2n) is 4.42. The highest BCUT2D eigenvalue weighted by atomic mass is 16.2. The molecule has 0 aromatic heterocycles. The van der Waals surface area contributed by atoms with Gasteiger partial charge in [0.25, 0.3) is 5.91 Å². The first-order valence-corrected chi connectivity index (χ1v) is 8.26. The summed E-state index contributed by atoms with van der Waals surface area (Å²) in [7, 11) is 0. The summed E-state index contributed by atoms with van der Waals surface area (Å²) in [5.74, 6) is -1.19. The zero-order valence-electron chi connectivity index (χ0n) is 15.4. The maximum Gasteiger partial charge on any atom is 0.251 e. The molecule has 0 aliphatic carbocycles. The molecule has 0 aromatic carbocycles. The van der Waals surface area contributed by atoms with E-state index in [-0.39, 0.29) is 12.3 Å². The first-order valence-electron chi connectivity index (χ1n) is 8.26. The van der Waals surface area contributed by atoms with Crippen LogP contribution < -0.4 is 10.6 Å². The molecule has 1 rings (SSSR count). The Bertz CT molecular complexity index is 517. The molecule has 5 nitrogen and oxygen atoms in total. The standard InChI is InChI=1S/C15H18N2O3.2C2H6/c1-4-10(3)6-7-11(5-2)14(19)16-12-8-9-13(18)17-15(12)20;2*1-2/h4-7,12H,1-2,8-9H2,3H3,(H,16,19)(H,17,18,20);2*1-2H3/b10-6-,11-7+;;. The topological polar surface area (TPSA) is 75.3 Å². The van der Waals surface area contributed by atoms with E-state index in [1.54, 1.807) is 18.2 Å². The predicted octanol–water partition coefficient (Wildman–Crippen LogP) is 3.20. The molecule has 24 heavy (non-hydrogen) atoms. The Labute approximate surface area is 145 Å².